The molecule has 2 N–H and O–H groups in total. The lowest BCUT2D eigenvalue weighted by Gasteiger charge is -2.36. The number of nitrogens with two attached hydrogens (primary N) is 1. The number of rotatable bonds is 3. The van der Waals surface area contributed by atoms with Crippen molar-refractivity contribution >= 4 is 11.9 Å². The zero-order valence-electron chi connectivity index (χ0n) is 11.9. The molecule has 6 heteroatoms. The summed E-state index contributed by atoms with van der Waals surface area (Å²) in [6, 6.07) is 5.42. The molecule has 1 amide bonds. The molecular formula is C14H21N3O3. The van der Waals surface area contributed by atoms with Crippen molar-refractivity contribution < 1.29 is 14.3 Å². The number of likely N-dealkylation sites (tertiary alicyclic amines) is 1. The Morgan fingerprint density at radius 2 is 2.35 bits per heavy atom. The molecule has 1 aliphatic rings. The Kier molecular flexibility index (Phi) is 4.65. The molecule has 2 rings (SSSR count). The van der Waals surface area contributed by atoms with E-state index >= 15 is 0 Å². The van der Waals surface area contributed by atoms with Crippen LogP contribution in [0.2, 0.25) is 0 Å². The summed E-state index contributed by atoms with van der Waals surface area (Å²) in [5.74, 6) is 0.978. The maximum absolute atomic E-state index is 11.8. The molecule has 6 nitrogen and oxygen atoms in total. The van der Waals surface area contributed by atoms with E-state index in [1.165, 1.54) is 0 Å². The molecule has 1 aromatic rings. The SMILES string of the molecule is CCOC(=O)N1CC[C@@H](Oc2cccc(N)n2)C[C@H]1C. The van der Waals surface area contributed by atoms with E-state index in [0.717, 1.165) is 12.8 Å². The van der Waals surface area contributed by atoms with Gasteiger partial charge < -0.3 is 20.1 Å². The van der Waals surface area contributed by atoms with Crippen molar-refractivity contribution in [2.75, 3.05) is 18.9 Å². The minimum absolute atomic E-state index is 0.0463. The van der Waals surface area contributed by atoms with E-state index in [-0.39, 0.29) is 18.2 Å². The highest BCUT2D eigenvalue weighted by molar-refractivity contribution is 5.68. The topological polar surface area (TPSA) is 77.7 Å². The molecule has 1 aromatic heterocycles. The number of carbonyl (C=O) groups is 1. The van der Waals surface area contributed by atoms with Crippen LogP contribution in [0.1, 0.15) is 26.7 Å². The number of piperidine rings is 1. The molecule has 20 heavy (non-hydrogen) atoms. The fourth-order valence-corrected chi connectivity index (χ4v) is 2.38. The van der Waals surface area contributed by atoms with Gasteiger partial charge in [-0.05, 0) is 19.9 Å². The predicted molar refractivity (Wildman–Crippen MR) is 75.5 cm³/mol. The first-order valence-corrected chi connectivity index (χ1v) is 6.92. The number of nitrogen functional groups attached to an aromatic ring is 1. The van der Waals surface area contributed by atoms with Crippen molar-refractivity contribution in [1.29, 1.82) is 0 Å². The molecule has 0 spiro atoms. The van der Waals surface area contributed by atoms with Gasteiger partial charge in [-0.3, -0.25) is 0 Å². The number of ether oxygens (including phenoxy) is 2. The number of hydrogen-bond acceptors (Lipinski definition) is 5. The Morgan fingerprint density at radius 3 is 3.00 bits per heavy atom. The molecule has 0 aromatic carbocycles. The number of nitrogens with zero attached hydrogens (tertiary/aromatic N) is 2. The lowest BCUT2D eigenvalue weighted by atomic mass is 10.0. The Bertz CT molecular complexity index is 467. The van der Waals surface area contributed by atoms with Gasteiger partial charge in [-0.25, -0.2) is 4.79 Å². The second kappa shape index (κ2) is 6.45. The number of anilines is 1. The minimum Gasteiger partial charge on any atom is -0.474 e. The van der Waals surface area contributed by atoms with Crippen molar-refractivity contribution in [3.05, 3.63) is 18.2 Å². The van der Waals surface area contributed by atoms with E-state index in [1.54, 1.807) is 17.0 Å². The average Bonchev–Trinajstić information content (AvgIpc) is 2.39. The smallest absolute Gasteiger partial charge is 0.409 e. The van der Waals surface area contributed by atoms with Gasteiger partial charge in [0, 0.05) is 31.5 Å². The first kappa shape index (κ1) is 14.4. The summed E-state index contributed by atoms with van der Waals surface area (Å²) < 4.78 is 10.9. The first-order valence-electron chi connectivity index (χ1n) is 6.92. The molecular weight excluding hydrogens is 258 g/mol. The maximum atomic E-state index is 11.8. The van der Waals surface area contributed by atoms with Crippen LogP contribution in [0.3, 0.4) is 0 Å². The standard InChI is InChI=1S/C14H21N3O3/c1-3-19-14(18)17-8-7-11(9-10(17)2)20-13-6-4-5-12(15)16-13/h4-6,10-11H,3,7-9H2,1-2H3,(H2,15,16)/t10-,11-/m1/s1. The van der Waals surface area contributed by atoms with Gasteiger partial charge in [0.25, 0.3) is 0 Å². The number of amides is 1. The molecule has 2 heterocycles. The maximum Gasteiger partial charge on any atom is 0.409 e. The summed E-state index contributed by atoms with van der Waals surface area (Å²) in [5, 5.41) is 0. The highest BCUT2D eigenvalue weighted by Crippen LogP contribution is 2.22. The van der Waals surface area contributed by atoms with Crippen LogP contribution in [0.4, 0.5) is 10.6 Å². The second-order valence-electron chi connectivity index (χ2n) is 4.91. The highest BCUT2D eigenvalue weighted by atomic mass is 16.6. The Balaban J connectivity index is 1.90. The summed E-state index contributed by atoms with van der Waals surface area (Å²) >= 11 is 0. The fraction of sp³-hybridized carbons (Fsp3) is 0.571. The Labute approximate surface area is 118 Å². The molecule has 0 radical (unpaired) electrons. The third-order valence-corrected chi connectivity index (χ3v) is 3.36. The van der Waals surface area contributed by atoms with Gasteiger partial charge in [-0.15, -0.1) is 0 Å². The van der Waals surface area contributed by atoms with Gasteiger partial charge in [0.15, 0.2) is 0 Å². The molecule has 0 bridgehead atoms. The monoisotopic (exact) mass is 279 g/mol. The largest absolute Gasteiger partial charge is 0.474 e. The van der Waals surface area contributed by atoms with Gasteiger partial charge in [0.05, 0.1) is 6.61 Å². The molecule has 110 valence electrons. The number of hydrogen-bond donors (Lipinski definition) is 1. The van der Waals surface area contributed by atoms with Crippen LogP contribution in [0.25, 0.3) is 0 Å². The summed E-state index contributed by atoms with van der Waals surface area (Å²) in [7, 11) is 0. The minimum atomic E-state index is -0.250. The zero-order chi connectivity index (χ0) is 14.5. The summed E-state index contributed by atoms with van der Waals surface area (Å²) in [5.41, 5.74) is 5.63. The Morgan fingerprint density at radius 1 is 1.55 bits per heavy atom. The van der Waals surface area contributed by atoms with E-state index in [4.69, 9.17) is 15.2 Å². The molecule has 1 aliphatic heterocycles. The lowest BCUT2D eigenvalue weighted by Crippen LogP contribution is -2.47. The van der Waals surface area contributed by atoms with Crippen LogP contribution >= 0.6 is 0 Å². The highest BCUT2D eigenvalue weighted by Gasteiger charge is 2.30. The number of aromatic nitrogens is 1. The van der Waals surface area contributed by atoms with E-state index in [1.807, 2.05) is 19.9 Å². The van der Waals surface area contributed by atoms with Crippen molar-refractivity contribution in [3.8, 4) is 5.88 Å². The third kappa shape index (κ3) is 3.53. The van der Waals surface area contributed by atoms with Crippen molar-refractivity contribution in [3.63, 3.8) is 0 Å². The molecule has 2 atom stereocenters. The van der Waals surface area contributed by atoms with E-state index < -0.39 is 0 Å². The molecule has 1 fully saturated rings. The molecule has 0 aliphatic carbocycles. The van der Waals surface area contributed by atoms with Crippen LogP contribution in [0, 0.1) is 0 Å². The van der Waals surface area contributed by atoms with Crippen molar-refractivity contribution in [2.45, 2.75) is 38.8 Å². The zero-order valence-corrected chi connectivity index (χ0v) is 11.9. The van der Waals surface area contributed by atoms with Crippen LogP contribution in [-0.4, -0.2) is 41.3 Å². The predicted octanol–water partition coefficient (Wildman–Crippen LogP) is 2.05. The van der Waals surface area contributed by atoms with Gasteiger partial charge in [0.2, 0.25) is 5.88 Å². The lowest BCUT2D eigenvalue weighted by molar-refractivity contribution is 0.0437. The van der Waals surface area contributed by atoms with Crippen LogP contribution in [-0.2, 0) is 4.74 Å². The van der Waals surface area contributed by atoms with Crippen LogP contribution in [0.15, 0.2) is 18.2 Å². The van der Waals surface area contributed by atoms with Gasteiger partial charge in [-0.1, -0.05) is 6.07 Å². The van der Waals surface area contributed by atoms with Gasteiger partial charge >= 0.3 is 6.09 Å². The van der Waals surface area contributed by atoms with Gasteiger partial charge in [-0.2, -0.15) is 4.98 Å². The van der Waals surface area contributed by atoms with Crippen molar-refractivity contribution in [1.82, 2.24) is 9.88 Å². The van der Waals surface area contributed by atoms with Gasteiger partial charge in [0.1, 0.15) is 11.9 Å². The first-order chi connectivity index (χ1) is 9.60. The quantitative estimate of drug-likeness (QED) is 0.916. The molecule has 1 saturated heterocycles. The van der Waals surface area contributed by atoms with Crippen molar-refractivity contribution in [2.24, 2.45) is 0 Å². The molecule has 0 saturated carbocycles. The van der Waals surface area contributed by atoms with E-state index in [0.29, 0.717) is 24.8 Å². The normalized spacial score (nSPS) is 22.4. The average molecular weight is 279 g/mol. The van der Waals surface area contributed by atoms with Crippen LogP contribution < -0.4 is 10.5 Å². The molecule has 0 unspecified atom stereocenters. The summed E-state index contributed by atoms with van der Waals surface area (Å²) in [6.45, 7) is 4.84. The second-order valence-corrected chi connectivity index (χ2v) is 4.91. The summed E-state index contributed by atoms with van der Waals surface area (Å²) in [4.78, 5) is 17.6. The fourth-order valence-electron chi connectivity index (χ4n) is 2.38. The number of carbonyl (C=O) groups excluding carboxylic acids is 1. The van der Waals surface area contributed by atoms with E-state index in [2.05, 4.69) is 4.98 Å². The Hall–Kier alpha value is -1.98. The van der Waals surface area contributed by atoms with Crippen LogP contribution in [0.5, 0.6) is 5.88 Å². The number of pyridine rings is 1. The van der Waals surface area contributed by atoms with E-state index in [9.17, 15) is 4.79 Å². The summed E-state index contributed by atoms with van der Waals surface area (Å²) in [6.07, 6.45) is 1.32. The third-order valence-electron chi connectivity index (χ3n) is 3.36.